The summed E-state index contributed by atoms with van der Waals surface area (Å²) >= 11 is 0. The summed E-state index contributed by atoms with van der Waals surface area (Å²) < 4.78 is 5.68. The predicted molar refractivity (Wildman–Crippen MR) is 87.2 cm³/mol. The molecule has 0 bridgehead atoms. The first-order chi connectivity index (χ1) is 9.93. The minimum absolute atomic E-state index is 0.921. The lowest BCUT2D eigenvalue weighted by molar-refractivity contribution is 0.126. The van der Waals surface area contributed by atoms with E-state index in [4.69, 9.17) is 4.74 Å². The standard InChI is InChI=1S/C18H31NO/c1-2-19-15-9-3-4-10-16-20-17-11-8-14-18-12-6-5-7-13-18/h5-7,12-13,19H,2-4,8-11,14-17H2,1H3. The Morgan fingerprint density at radius 3 is 2.30 bits per heavy atom. The molecule has 0 saturated carbocycles. The summed E-state index contributed by atoms with van der Waals surface area (Å²) in [4.78, 5) is 0. The van der Waals surface area contributed by atoms with E-state index in [-0.39, 0.29) is 0 Å². The van der Waals surface area contributed by atoms with Crippen molar-refractivity contribution in [2.75, 3.05) is 26.3 Å². The fourth-order valence-corrected chi connectivity index (χ4v) is 2.26. The molecule has 0 atom stereocenters. The molecule has 0 amide bonds. The van der Waals surface area contributed by atoms with Crippen LogP contribution < -0.4 is 5.32 Å². The van der Waals surface area contributed by atoms with Gasteiger partial charge in [0.2, 0.25) is 0 Å². The van der Waals surface area contributed by atoms with E-state index in [0.717, 1.165) is 26.3 Å². The van der Waals surface area contributed by atoms with E-state index in [1.54, 1.807) is 0 Å². The number of ether oxygens (including phenoxy) is 1. The maximum atomic E-state index is 5.68. The predicted octanol–water partition coefficient (Wildman–Crippen LogP) is 4.20. The number of nitrogens with one attached hydrogen (secondary N) is 1. The fourth-order valence-electron chi connectivity index (χ4n) is 2.26. The van der Waals surface area contributed by atoms with Crippen molar-refractivity contribution in [3.8, 4) is 0 Å². The molecule has 0 aromatic heterocycles. The Hall–Kier alpha value is -0.860. The van der Waals surface area contributed by atoms with Crippen molar-refractivity contribution in [1.29, 1.82) is 0 Å². The quantitative estimate of drug-likeness (QED) is 0.546. The van der Waals surface area contributed by atoms with Gasteiger partial charge < -0.3 is 10.1 Å². The van der Waals surface area contributed by atoms with Crippen LogP contribution in [0.25, 0.3) is 0 Å². The molecule has 0 heterocycles. The molecule has 0 aliphatic heterocycles. The Labute approximate surface area is 124 Å². The highest BCUT2D eigenvalue weighted by molar-refractivity contribution is 5.14. The molecule has 0 aliphatic rings. The van der Waals surface area contributed by atoms with Crippen LogP contribution in [-0.4, -0.2) is 26.3 Å². The highest BCUT2D eigenvalue weighted by Crippen LogP contribution is 2.05. The van der Waals surface area contributed by atoms with Gasteiger partial charge in [0.15, 0.2) is 0 Å². The second-order valence-electron chi connectivity index (χ2n) is 5.32. The molecule has 2 heteroatoms. The van der Waals surface area contributed by atoms with E-state index >= 15 is 0 Å². The van der Waals surface area contributed by atoms with Gasteiger partial charge in [0.05, 0.1) is 0 Å². The molecule has 114 valence electrons. The first-order valence-electron chi connectivity index (χ1n) is 8.26. The number of rotatable bonds is 13. The zero-order chi connectivity index (χ0) is 14.3. The molecule has 0 unspecified atom stereocenters. The van der Waals surface area contributed by atoms with Gasteiger partial charge in [-0.25, -0.2) is 0 Å². The molecule has 0 saturated heterocycles. The second-order valence-corrected chi connectivity index (χ2v) is 5.32. The topological polar surface area (TPSA) is 21.3 Å². The minimum atomic E-state index is 0.921. The van der Waals surface area contributed by atoms with Crippen LogP contribution in [0.4, 0.5) is 0 Å². The minimum Gasteiger partial charge on any atom is -0.381 e. The molecule has 0 aliphatic carbocycles. The summed E-state index contributed by atoms with van der Waals surface area (Å²) in [6, 6.07) is 10.7. The molecule has 1 rings (SSSR count). The van der Waals surface area contributed by atoms with Gasteiger partial charge in [0.1, 0.15) is 0 Å². The summed E-state index contributed by atoms with van der Waals surface area (Å²) in [7, 11) is 0. The average Bonchev–Trinajstić information content (AvgIpc) is 2.49. The van der Waals surface area contributed by atoms with Crippen molar-refractivity contribution in [3.05, 3.63) is 35.9 Å². The van der Waals surface area contributed by atoms with Crippen LogP contribution in [0, 0.1) is 0 Å². The van der Waals surface area contributed by atoms with Gasteiger partial charge in [0.25, 0.3) is 0 Å². The van der Waals surface area contributed by atoms with Crippen LogP contribution in [-0.2, 0) is 11.2 Å². The molecular formula is C18H31NO. The zero-order valence-corrected chi connectivity index (χ0v) is 13.1. The third kappa shape index (κ3) is 9.99. The number of aryl methyl sites for hydroxylation is 1. The lowest BCUT2D eigenvalue weighted by Gasteiger charge is -2.05. The van der Waals surface area contributed by atoms with Gasteiger partial charge in [-0.1, -0.05) is 50.1 Å². The first kappa shape index (κ1) is 17.2. The first-order valence-corrected chi connectivity index (χ1v) is 8.26. The van der Waals surface area contributed by atoms with Crippen LogP contribution in [0.3, 0.4) is 0 Å². The van der Waals surface area contributed by atoms with Crippen molar-refractivity contribution in [2.24, 2.45) is 0 Å². The fraction of sp³-hybridized carbons (Fsp3) is 0.667. The van der Waals surface area contributed by atoms with Gasteiger partial charge >= 0.3 is 0 Å². The van der Waals surface area contributed by atoms with Crippen molar-refractivity contribution in [3.63, 3.8) is 0 Å². The van der Waals surface area contributed by atoms with Crippen molar-refractivity contribution >= 4 is 0 Å². The smallest absolute Gasteiger partial charge is 0.0466 e. The Kier molecular flexibility index (Phi) is 11.3. The summed E-state index contributed by atoms with van der Waals surface area (Å²) in [5.41, 5.74) is 1.44. The summed E-state index contributed by atoms with van der Waals surface area (Å²) in [5.74, 6) is 0. The lowest BCUT2D eigenvalue weighted by atomic mass is 10.1. The maximum Gasteiger partial charge on any atom is 0.0466 e. The molecule has 0 fully saturated rings. The van der Waals surface area contributed by atoms with Crippen LogP contribution >= 0.6 is 0 Å². The molecule has 1 aromatic carbocycles. The Morgan fingerprint density at radius 2 is 1.55 bits per heavy atom. The van der Waals surface area contributed by atoms with Gasteiger partial charge in [-0.3, -0.25) is 0 Å². The molecular weight excluding hydrogens is 246 g/mol. The third-order valence-electron chi connectivity index (χ3n) is 3.49. The van der Waals surface area contributed by atoms with Gasteiger partial charge in [-0.15, -0.1) is 0 Å². The summed E-state index contributed by atoms with van der Waals surface area (Å²) in [6.45, 7) is 6.27. The van der Waals surface area contributed by atoms with E-state index in [1.807, 2.05) is 0 Å². The highest BCUT2D eigenvalue weighted by atomic mass is 16.5. The SMILES string of the molecule is CCNCCCCCCOCCCCc1ccccc1. The van der Waals surface area contributed by atoms with Gasteiger partial charge in [0, 0.05) is 13.2 Å². The van der Waals surface area contributed by atoms with Crippen LogP contribution in [0.15, 0.2) is 30.3 Å². The second kappa shape index (κ2) is 13.1. The summed E-state index contributed by atoms with van der Waals surface area (Å²) in [5, 5.41) is 3.36. The lowest BCUT2D eigenvalue weighted by Crippen LogP contribution is -2.13. The Balaban J connectivity index is 1.77. The molecule has 1 N–H and O–H groups in total. The van der Waals surface area contributed by atoms with E-state index in [2.05, 4.69) is 42.6 Å². The molecule has 0 radical (unpaired) electrons. The molecule has 1 aromatic rings. The van der Waals surface area contributed by atoms with Crippen molar-refractivity contribution in [1.82, 2.24) is 5.32 Å². The maximum absolute atomic E-state index is 5.68. The highest BCUT2D eigenvalue weighted by Gasteiger charge is 1.94. The monoisotopic (exact) mass is 277 g/mol. The molecule has 2 nitrogen and oxygen atoms in total. The number of unbranched alkanes of at least 4 members (excludes halogenated alkanes) is 4. The number of hydrogen-bond acceptors (Lipinski definition) is 2. The third-order valence-corrected chi connectivity index (χ3v) is 3.49. The largest absolute Gasteiger partial charge is 0.381 e. The van der Waals surface area contributed by atoms with Crippen LogP contribution in [0.5, 0.6) is 0 Å². The number of benzene rings is 1. The van der Waals surface area contributed by atoms with E-state index < -0.39 is 0 Å². The summed E-state index contributed by atoms with van der Waals surface area (Å²) in [6.07, 6.45) is 8.71. The molecule has 20 heavy (non-hydrogen) atoms. The van der Waals surface area contributed by atoms with E-state index in [9.17, 15) is 0 Å². The zero-order valence-electron chi connectivity index (χ0n) is 13.1. The Morgan fingerprint density at radius 1 is 0.850 bits per heavy atom. The normalized spacial score (nSPS) is 10.8. The van der Waals surface area contributed by atoms with Crippen molar-refractivity contribution < 1.29 is 4.74 Å². The van der Waals surface area contributed by atoms with Gasteiger partial charge in [-0.2, -0.15) is 0 Å². The number of hydrogen-bond donors (Lipinski definition) is 1. The Bertz CT molecular complexity index is 300. The van der Waals surface area contributed by atoms with Gasteiger partial charge in [-0.05, 0) is 50.8 Å². The van der Waals surface area contributed by atoms with E-state index in [0.29, 0.717) is 0 Å². The van der Waals surface area contributed by atoms with E-state index in [1.165, 1.54) is 50.5 Å². The van der Waals surface area contributed by atoms with Crippen LogP contribution in [0.2, 0.25) is 0 Å². The van der Waals surface area contributed by atoms with Crippen LogP contribution in [0.1, 0.15) is 51.0 Å². The average molecular weight is 277 g/mol. The molecule has 0 spiro atoms. The van der Waals surface area contributed by atoms with Crippen molar-refractivity contribution in [2.45, 2.75) is 51.9 Å².